The smallest absolute Gasteiger partial charge is 0.255 e. The van der Waals surface area contributed by atoms with Crippen LogP contribution in [0.2, 0.25) is 5.02 Å². The van der Waals surface area contributed by atoms with E-state index in [1.165, 1.54) is 0 Å². The number of hydrogen-bond donors (Lipinski definition) is 1. The van der Waals surface area contributed by atoms with Gasteiger partial charge in [-0.2, -0.15) is 0 Å². The summed E-state index contributed by atoms with van der Waals surface area (Å²) in [7, 11) is 1.54. The van der Waals surface area contributed by atoms with Crippen molar-refractivity contribution in [3.63, 3.8) is 0 Å². The number of anilines is 1. The molecule has 0 saturated heterocycles. The third kappa shape index (κ3) is 3.06. The Labute approximate surface area is 117 Å². The Morgan fingerprint density at radius 2 is 1.89 bits per heavy atom. The lowest BCUT2D eigenvalue weighted by Crippen LogP contribution is -2.12. The summed E-state index contributed by atoms with van der Waals surface area (Å²) in [4.78, 5) is 12.1. The van der Waals surface area contributed by atoms with Crippen molar-refractivity contribution in [3.05, 3.63) is 58.6 Å². The summed E-state index contributed by atoms with van der Waals surface area (Å²) >= 11 is 6.03. The van der Waals surface area contributed by atoms with Crippen LogP contribution in [0.25, 0.3) is 0 Å². The third-order valence-corrected chi connectivity index (χ3v) is 3.17. The molecule has 0 aromatic heterocycles. The second kappa shape index (κ2) is 5.76. The van der Waals surface area contributed by atoms with Crippen LogP contribution in [0.5, 0.6) is 5.75 Å². The first-order valence-corrected chi connectivity index (χ1v) is 6.20. The predicted molar refractivity (Wildman–Crippen MR) is 77.1 cm³/mol. The maximum atomic E-state index is 12.1. The molecule has 2 aromatic rings. The fourth-order valence-electron chi connectivity index (χ4n) is 1.71. The SMILES string of the molecule is COc1cc(Cl)c(C)cc1NC(=O)c1ccccc1. The van der Waals surface area contributed by atoms with Gasteiger partial charge in [-0.15, -0.1) is 0 Å². The Morgan fingerprint density at radius 3 is 2.53 bits per heavy atom. The number of carbonyl (C=O) groups is 1. The van der Waals surface area contributed by atoms with Gasteiger partial charge in [0, 0.05) is 16.7 Å². The first-order valence-electron chi connectivity index (χ1n) is 5.82. The van der Waals surface area contributed by atoms with E-state index in [2.05, 4.69) is 5.32 Å². The first-order chi connectivity index (χ1) is 9.11. The highest BCUT2D eigenvalue weighted by Gasteiger charge is 2.11. The largest absolute Gasteiger partial charge is 0.495 e. The highest BCUT2D eigenvalue weighted by molar-refractivity contribution is 6.31. The fraction of sp³-hybridized carbons (Fsp3) is 0.133. The molecule has 0 heterocycles. The Kier molecular flexibility index (Phi) is 4.07. The topological polar surface area (TPSA) is 38.3 Å². The van der Waals surface area contributed by atoms with Gasteiger partial charge in [-0.1, -0.05) is 29.8 Å². The molecule has 2 rings (SSSR count). The van der Waals surface area contributed by atoms with E-state index in [1.54, 1.807) is 31.4 Å². The van der Waals surface area contributed by atoms with Crippen LogP contribution in [0, 0.1) is 6.92 Å². The van der Waals surface area contributed by atoms with Crippen molar-refractivity contribution in [2.24, 2.45) is 0 Å². The minimum Gasteiger partial charge on any atom is -0.495 e. The van der Waals surface area contributed by atoms with Crippen LogP contribution in [0.1, 0.15) is 15.9 Å². The summed E-state index contributed by atoms with van der Waals surface area (Å²) in [6.07, 6.45) is 0. The number of ether oxygens (including phenoxy) is 1. The lowest BCUT2D eigenvalue weighted by Gasteiger charge is -2.12. The summed E-state index contributed by atoms with van der Waals surface area (Å²) in [5.74, 6) is 0.362. The molecule has 98 valence electrons. The number of benzene rings is 2. The van der Waals surface area contributed by atoms with Gasteiger partial charge < -0.3 is 10.1 Å². The van der Waals surface area contributed by atoms with Crippen LogP contribution >= 0.6 is 11.6 Å². The number of hydrogen-bond acceptors (Lipinski definition) is 2. The van der Waals surface area contributed by atoms with Crippen molar-refractivity contribution in [1.82, 2.24) is 0 Å². The van der Waals surface area contributed by atoms with E-state index in [1.807, 2.05) is 25.1 Å². The van der Waals surface area contributed by atoms with E-state index < -0.39 is 0 Å². The van der Waals surface area contributed by atoms with Crippen molar-refractivity contribution >= 4 is 23.2 Å². The van der Waals surface area contributed by atoms with Gasteiger partial charge in [0.05, 0.1) is 12.8 Å². The number of halogens is 1. The van der Waals surface area contributed by atoms with Crippen molar-refractivity contribution in [2.45, 2.75) is 6.92 Å². The first kappa shape index (κ1) is 13.4. The maximum Gasteiger partial charge on any atom is 0.255 e. The van der Waals surface area contributed by atoms with Crippen molar-refractivity contribution in [2.75, 3.05) is 12.4 Å². The van der Waals surface area contributed by atoms with Gasteiger partial charge in [0.25, 0.3) is 5.91 Å². The number of carbonyl (C=O) groups excluding carboxylic acids is 1. The number of methoxy groups -OCH3 is 1. The fourth-order valence-corrected chi connectivity index (χ4v) is 1.87. The van der Waals surface area contributed by atoms with Gasteiger partial charge in [-0.25, -0.2) is 0 Å². The van der Waals surface area contributed by atoms with Crippen LogP contribution in [0.4, 0.5) is 5.69 Å². The van der Waals surface area contributed by atoms with Crippen molar-refractivity contribution in [1.29, 1.82) is 0 Å². The monoisotopic (exact) mass is 275 g/mol. The Hall–Kier alpha value is -2.00. The molecule has 1 N–H and O–H groups in total. The highest BCUT2D eigenvalue weighted by Crippen LogP contribution is 2.31. The van der Waals surface area contributed by atoms with E-state index in [9.17, 15) is 4.79 Å². The highest BCUT2D eigenvalue weighted by atomic mass is 35.5. The number of amides is 1. The lowest BCUT2D eigenvalue weighted by molar-refractivity contribution is 0.102. The zero-order valence-electron chi connectivity index (χ0n) is 10.7. The van der Waals surface area contributed by atoms with Crippen LogP contribution in [0.15, 0.2) is 42.5 Å². The van der Waals surface area contributed by atoms with Crippen LogP contribution in [-0.2, 0) is 0 Å². The molecule has 0 atom stereocenters. The summed E-state index contributed by atoms with van der Waals surface area (Å²) < 4.78 is 5.22. The standard InChI is InChI=1S/C15H14ClNO2/c1-10-8-13(14(19-2)9-12(10)16)17-15(18)11-6-4-3-5-7-11/h3-9H,1-2H3,(H,17,18). The molecule has 0 aliphatic rings. The Bertz CT molecular complexity index is 597. The molecule has 0 saturated carbocycles. The summed E-state index contributed by atoms with van der Waals surface area (Å²) in [6.45, 7) is 1.87. The zero-order chi connectivity index (χ0) is 13.8. The minimum absolute atomic E-state index is 0.180. The van der Waals surface area contributed by atoms with Gasteiger partial charge in [-0.3, -0.25) is 4.79 Å². The van der Waals surface area contributed by atoms with E-state index in [4.69, 9.17) is 16.3 Å². The quantitative estimate of drug-likeness (QED) is 0.922. The van der Waals surface area contributed by atoms with Crippen molar-refractivity contribution in [3.8, 4) is 5.75 Å². The molecule has 0 bridgehead atoms. The second-order valence-corrected chi connectivity index (χ2v) is 4.53. The third-order valence-electron chi connectivity index (χ3n) is 2.76. The molecule has 0 radical (unpaired) electrons. The summed E-state index contributed by atoms with van der Waals surface area (Å²) in [5.41, 5.74) is 2.08. The van der Waals surface area contributed by atoms with E-state index in [-0.39, 0.29) is 5.91 Å². The van der Waals surface area contributed by atoms with Crippen LogP contribution in [-0.4, -0.2) is 13.0 Å². The molecule has 2 aromatic carbocycles. The van der Waals surface area contributed by atoms with Crippen molar-refractivity contribution < 1.29 is 9.53 Å². The summed E-state index contributed by atoms with van der Waals surface area (Å²) in [6, 6.07) is 12.5. The predicted octanol–water partition coefficient (Wildman–Crippen LogP) is 3.91. The molecular formula is C15H14ClNO2. The van der Waals surface area contributed by atoms with Gasteiger partial charge in [0.1, 0.15) is 5.75 Å². The van der Waals surface area contributed by atoms with Gasteiger partial charge in [0.15, 0.2) is 0 Å². The summed E-state index contributed by atoms with van der Waals surface area (Å²) in [5, 5.41) is 3.43. The van der Waals surface area contributed by atoms with Gasteiger partial charge in [0.2, 0.25) is 0 Å². The lowest BCUT2D eigenvalue weighted by atomic mass is 10.1. The minimum atomic E-state index is -0.180. The number of rotatable bonds is 3. The number of aryl methyl sites for hydroxylation is 1. The second-order valence-electron chi connectivity index (χ2n) is 4.12. The van der Waals surface area contributed by atoms with Crippen LogP contribution in [0.3, 0.4) is 0 Å². The average molecular weight is 276 g/mol. The molecule has 0 fully saturated rings. The van der Waals surface area contributed by atoms with E-state index in [0.29, 0.717) is 22.0 Å². The van der Waals surface area contributed by atoms with E-state index >= 15 is 0 Å². The molecule has 19 heavy (non-hydrogen) atoms. The maximum absolute atomic E-state index is 12.1. The zero-order valence-corrected chi connectivity index (χ0v) is 11.5. The molecular weight excluding hydrogens is 262 g/mol. The molecule has 4 heteroatoms. The molecule has 1 amide bonds. The van der Waals surface area contributed by atoms with Gasteiger partial charge in [-0.05, 0) is 30.7 Å². The number of nitrogens with one attached hydrogen (secondary N) is 1. The van der Waals surface area contributed by atoms with Crippen LogP contribution < -0.4 is 10.1 Å². The Balaban J connectivity index is 2.28. The van der Waals surface area contributed by atoms with Gasteiger partial charge >= 0.3 is 0 Å². The average Bonchev–Trinajstić information content (AvgIpc) is 2.43. The molecule has 3 nitrogen and oxygen atoms in total. The molecule has 0 aliphatic heterocycles. The Morgan fingerprint density at radius 1 is 1.21 bits per heavy atom. The molecule has 0 unspecified atom stereocenters. The van der Waals surface area contributed by atoms with E-state index in [0.717, 1.165) is 5.56 Å². The normalized spacial score (nSPS) is 10.1. The molecule has 0 aliphatic carbocycles. The molecule has 0 spiro atoms.